The van der Waals surface area contributed by atoms with E-state index in [4.69, 9.17) is 27.9 Å². The van der Waals surface area contributed by atoms with E-state index in [9.17, 15) is 9.18 Å². The van der Waals surface area contributed by atoms with Gasteiger partial charge in [0.15, 0.2) is 6.73 Å². The van der Waals surface area contributed by atoms with Gasteiger partial charge in [0.25, 0.3) is 0 Å². The van der Waals surface area contributed by atoms with Crippen molar-refractivity contribution >= 4 is 34.9 Å². The van der Waals surface area contributed by atoms with E-state index in [1.165, 1.54) is 18.2 Å². The Morgan fingerprint density at radius 3 is 2.43 bits per heavy atom. The lowest BCUT2D eigenvalue weighted by Crippen LogP contribution is -2.32. The topological polar surface area (TPSA) is 50.4 Å². The van der Waals surface area contributed by atoms with Gasteiger partial charge in [0.05, 0.1) is 5.02 Å². The lowest BCUT2D eigenvalue weighted by atomic mass is 10.1. The van der Waals surface area contributed by atoms with E-state index in [1.807, 2.05) is 13.8 Å². The molecule has 0 aromatic heterocycles. The molecule has 0 atom stereocenters. The summed E-state index contributed by atoms with van der Waals surface area (Å²) in [5, 5.41) is 5.68. The summed E-state index contributed by atoms with van der Waals surface area (Å²) < 4.78 is 18.5. The first-order chi connectivity index (χ1) is 10.9. The lowest BCUT2D eigenvalue weighted by molar-refractivity contribution is 0.234. The molecule has 0 aliphatic rings. The monoisotopic (exact) mass is 356 g/mol. The van der Waals surface area contributed by atoms with Crippen molar-refractivity contribution in [2.24, 2.45) is 0 Å². The molecule has 23 heavy (non-hydrogen) atoms. The Balaban J connectivity index is 1.86. The number of nitrogens with one attached hydrogen (secondary N) is 2. The van der Waals surface area contributed by atoms with Gasteiger partial charge in [-0.25, -0.2) is 9.18 Å². The molecule has 0 spiro atoms. The van der Waals surface area contributed by atoms with E-state index < -0.39 is 11.8 Å². The summed E-state index contributed by atoms with van der Waals surface area (Å²) in [4.78, 5) is 11.7. The maximum atomic E-state index is 13.0. The van der Waals surface area contributed by atoms with Crippen molar-refractivity contribution in [2.75, 3.05) is 12.0 Å². The Kier molecular flexibility index (Phi) is 5.69. The summed E-state index contributed by atoms with van der Waals surface area (Å²) in [5.41, 5.74) is 2.17. The van der Waals surface area contributed by atoms with Crippen LogP contribution in [0, 0.1) is 19.7 Å². The average Bonchev–Trinajstić information content (AvgIpc) is 2.48. The van der Waals surface area contributed by atoms with Crippen molar-refractivity contribution in [3.8, 4) is 5.75 Å². The third-order valence-electron chi connectivity index (χ3n) is 3.06. The van der Waals surface area contributed by atoms with Gasteiger partial charge in [-0.1, -0.05) is 23.2 Å². The third kappa shape index (κ3) is 4.74. The quantitative estimate of drug-likeness (QED) is 0.764. The SMILES string of the molecule is Cc1cc(OCNC(=O)Nc2ccc(F)c(Cl)c2)cc(C)c1Cl. The molecule has 0 radical (unpaired) electrons. The molecule has 2 rings (SSSR count). The molecule has 2 aromatic rings. The number of halogens is 3. The Bertz CT molecular complexity index is 715. The van der Waals surface area contributed by atoms with Gasteiger partial charge >= 0.3 is 6.03 Å². The molecular weight excluding hydrogens is 342 g/mol. The molecule has 0 heterocycles. The van der Waals surface area contributed by atoms with Crippen LogP contribution in [0.15, 0.2) is 30.3 Å². The minimum absolute atomic E-state index is 0.0265. The Morgan fingerprint density at radius 2 is 1.83 bits per heavy atom. The molecule has 0 bridgehead atoms. The minimum Gasteiger partial charge on any atom is -0.473 e. The van der Waals surface area contributed by atoms with E-state index >= 15 is 0 Å². The number of ether oxygens (including phenoxy) is 1. The summed E-state index contributed by atoms with van der Waals surface area (Å²) in [7, 11) is 0. The number of carbonyl (C=O) groups is 1. The Morgan fingerprint density at radius 1 is 1.17 bits per heavy atom. The van der Waals surface area contributed by atoms with E-state index in [-0.39, 0.29) is 11.8 Å². The van der Waals surface area contributed by atoms with Crippen LogP contribution in [0.3, 0.4) is 0 Å². The fourth-order valence-corrected chi connectivity index (χ4v) is 2.21. The van der Waals surface area contributed by atoms with Gasteiger partial charge in [0.1, 0.15) is 11.6 Å². The number of rotatable bonds is 4. The van der Waals surface area contributed by atoms with Crippen LogP contribution in [0.25, 0.3) is 0 Å². The second kappa shape index (κ2) is 7.53. The molecule has 0 aliphatic heterocycles. The van der Waals surface area contributed by atoms with Crippen molar-refractivity contribution in [1.82, 2.24) is 5.32 Å². The van der Waals surface area contributed by atoms with Gasteiger partial charge < -0.3 is 15.4 Å². The molecule has 2 aromatic carbocycles. The van der Waals surface area contributed by atoms with E-state index in [1.54, 1.807) is 12.1 Å². The predicted octanol–water partition coefficient (Wildman–Crippen LogP) is 4.91. The summed E-state index contributed by atoms with van der Waals surface area (Å²) in [6.45, 7) is 3.72. The molecule has 0 saturated heterocycles. The number of hydrogen-bond donors (Lipinski definition) is 2. The number of amides is 2. The lowest BCUT2D eigenvalue weighted by Gasteiger charge is -2.11. The van der Waals surface area contributed by atoms with Crippen LogP contribution >= 0.6 is 23.2 Å². The van der Waals surface area contributed by atoms with Crippen LogP contribution in [0.2, 0.25) is 10.0 Å². The van der Waals surface area contributed by atoms with E-state index in [0.29, 0.717) is 16.5 Å². The molecule has 4 nitrogen and oxygen atoms in total. The zero-order chi connectivity index (χ0) is 17.0. The average molecular weight is 357 g/mol. The van der Waals surface area contributed by atoms with Crippen molar-refractivity contribution < 1.29 is 13.9 Å². The second-order valence-electron chi connectivity index (χ2n) is 4.92. The normalized spacial score (nSPS) is 10.3. The Hall–Kier alpha value is -1.98. The van der Waals surface area contributed by atoms with E-state index in [2.05, 4.69) is 10.6 Å². The van der Waals surface area contributed by atoms with Crippen molar-refractivity contribution in [3.63, 3.8) is 0 Å². The van der Waals surface area contributed by atoms with Gasteiger partial charge in [-0.15, -0.1) is 0 Å². The van der Waals surface area contributed by atoms with Gasteiger partial charge in [0, 0.05) is 10.7 Å². The maximum absolute atomic E-state index is 13.0. The maximum Gasteiger partial charge on any atom is 0.321 e. The van der Waals surface area contributed by atoms with Crippen LogP contribution < -0.4 is 15.4 Å². The molecule has 0 saturated carbocycles. The summed E-state index contributed by atoms with van der Waals surface area (Å²) in [5.74, 6) is 0.0592. The van der Waals surface area contributed by atoms with Gasteiger partial charge in [-0.05, 0) is 55.3 Å². The molecule has 0 aliphatic carbocycles. The first-order valence-corrected chi connectivity index (χ1v) is 7.52. The first kappa shape index (κ1) is 17.4. The summed E-state index contributed by atoms with van der Waals surface area (Å²) in [6, 6.07) is 6.99. The zero-order valence-corrected chi connectivity index (χ0v) is 14.1. The van der Waals surface area contributed by atoms with Crippen molar-refractivity contribution in [2.45, 2.75) is 13.8 Å². The van der Waals surface area contributed by atoms with Crippen LogP contribution in [-0.4, -0.2) is 12.8 Å². The highest BCUT2D eigenvalue weighted by molar-refractivity contribution is 6.32. The van der Waals surface area contributed by atoms with Crippen molar-refractivity contribution in [1.29, 1.82) is 0 Å². The van der Waals surface area contributed by atoms with Crippen LogP contribution in [0.1, 0.15) is 11.1 Å². The van der Waals surface area contributed by atoms with Crippen LogP contribution in [0.5, 0.6) is 5.75 Å². The summed E-state index contributed by atoms with van der Waals surface area (Å²) in [6.07, 6.45) is 0. The minimum atomic E-state index is -0.547. The third-order valence-corrected chi connectivity index (χ3v) is 3.94. The van der Waals surface area contributed by atoms with Gasteiger partial charge in [0.2, 0.25) is 0 Å². The molecule has 0 unspecified atom stereocenters. The number of carbonyl (C=O) groups excluding carboxylic acids is 1. The Labute approximate surface area is 143 Å². The number of aryl methyl sites for hydroxylation is 2. The van der Waals surface area contributed by atoms with Gasteiger partial charge in [-0.2, -0.15) is 0 Å². The first-order valence-electron chi connectivity index (χ1n) is 6.76. The molecule has 0 fully saturated rings. The van der Waals surface area contributed by atoms with Gasteiger partial charge in [-0.3, -0.25) is 0 Å². The molecule has 2 N–H and O–H groups in total. The highest BCUT2D eigenvalue weighted by atomic mass is 35.5. The fraction of sp³-hybridized carbons (Fsp3) is 0.188. The largest absolute Gasteiger partial charge is 0.473 e. The fourth-order valence-electron chi connectivity index (χ4n) is 1.92. The predicted molar refractivity (Wildman–Crippen MR) is 90.0 cm³/mol. The second-order valence-corrected chi connectivity index (χ2v) is 5.70. The highest BCUT2D eigenvalue weighted by Crippen LogP contribution is 2.25. The highest BCUT2D eigenvalue weighted by Gasteiger charge is 2.06. The smallest absolute Gasteiger partial charge is 0.321 e. The zero-order valence-electron chi connectivity index (χ0n) is 12.5. The molecule has 7 heteroatoms. The summed E-state index contributed by atoms with van der Waals surface area (Å²) >= 11 is 11.7. The molecule has 122 valence electrons. The molecular formula is C16H15Cl2FN2O2. The number of anilines is 1. The number of benzene rings is 2. The standard InChI is InChI=1S/C16H15Cl2FN2O2/c1-9-5-12(6-10(2)15(9)18)23-8-20-16(22)21-11-3-4-14(19)13(17)7-11/h3-7H,8H2,1-2H3,(H2,20,21,22). The number of hydrogen-bond acceptors (Lipinski definition) is 2. The van der Waals surface area contributed by atoms with E-state index in [0.717, 1.165) is 11.1 Å². The number of urea groups is 1. The van der Waals surface area contributed by atoms with Crippen LogP contribution in [-0.2, 0) is 0 Å². The molecule has 2 amide bonds. The van der Waals surface area contributed by atoms with Crippen LogP contribution in [0.4, 0.5) is 14.9 Å². The van der Waals surface area contributed by atoms with Crippen molar-refractivity contribution in [3.05, 3.63) is 57.3 Å².